The van der Waals surface area contributed by atoms with Crippen LogP contribution in [0, 0.1) is 5.41 Å². The van der Waals surface area contributed by atoms with Gasteiger partial charge in [0, 0.05) is 6.04 Å². The molecule has 0 aliphatic carbocycles. The average Bonchev–Trinajstić information content (AvgIpc) is 2.36. The van der Waals surface area contributed by atoms with Crippen molar-refractivity contribution in [3.8, 4) is 0 Å². The van der Waals surface area contributed by atoms with Crippen LogP contribution in [0.5, 0.6) is 0 Å². The van der Waals surface area contributed by atoms with Gasteiger partial charge in [0.15, 0.2) is 0 Å². The highest BCUT2D eigenvalue weighted by Gasteiger charge is 2.26. The fourth-order valence-corrected chi connectivity index (χ4v) is 1.42. The summed E-state index contributed by atoms with van der Waals surface area (Å²) in [5.41, 5.74) is 0.469. The van der Waals surface area contributed by atoms with Crippen molar-refractivity contribution in [3.63, 3.8) is 0 Å². The Balaban J connectivity index is 0.000000354. The molecule has 1 nitrogen and oxygen atoms in total. The zero-order valence-corrected chi connectivity index (χ0v) is 9.41. The lowest BCUT2D eigenvalue weighted by atomic mass is 9.86. The minimum atomic E-state index is 0.469. The molecule has 1 aliphatic rings. The van der Waals surface area contributed by atoms with Gasteiger partial charge < -0.3 is 5.32 Å². The molecule has 1 fully saturated rings. The first-order valence-electron chi connectivity index (χ1n) is 5.25. The van der Waals surface area contributed by atoms with Crippen LogP contribution in [-0.4, -0.2) is 12.6 Å². The van der Waals surface area contributed by atoms with E-state index >= 15 is 0 Å². The van der Waals surface area contributed by atoms with Crippen LogP contribution in [0.25, 0.3) is 0 Å². The Bertz CT molecular complexity index is 96.1. The quantitative estimate of drug-likeness (QED) is 0.590. The molecule has 0 aromatic carbocycles. The first-order valence-corrected chi connectivity index (χ1v) is 5.25. The molecule has 1 atom stereocenters. The maximum Gasteiger partial charge on any atom is 0.0116 e. The van der Waals surface area contributed by atoms with Crippen LogP contribution in [0.15, 0.2) is 0 Å². The second-order valence-electron chi connectivity index (χ2n) is 4.72. The summed E-state index contributed by atoms with van der Waals surface area (Å²) in [6, 6.07) is 0.762. The fourth-order valence-electron chi connectivity index (χ4n) is 1.42. The van der Waals surface area contributed by atoms with E-state index in [1.165, 1.54) is 25.8 Å². The van der Waals surface area contributed by atoms with Crippen LogP contribution in [0.2, 0.25) is 0 Å². The third-order valence-electron chi connectivity index (χ3n) is 2.11. The standard InChI is InChI=1S/C8H17N.C3H8/c1-8(2,3)7-5-4-6-9-7;1-3-2/h7,9H,4-6H2,1-3H3;3H2,1-2H3/t7-;/m0./s1. The molecule has 12 heavy (non-hydrogen) atoms. The summed E-state index contributed by atoms with van der Waals surface area (Å²) in [6.07, 6.45) is 3.98. The molecule has 1 heterocycles. The molecule has 0 aromatic heterocycles. The van der Waals surface area contributed by atoms with E-state index in [0.29, 0.717) is 5.41 Å². The monoisotopic (exact) mass is 171 g/mol. The fraction of sp³-hybridized carbons (Fsp3) is 1.00. The van der Waals surface area contributed by atoms with Crippen molar-refractivity contribution in [2.24, 2.45) is 5.41 Å². The normalized spacial score (nSPS) is 23.2. The molecule has 0 spiro atoms. The first-order chi connectivity index (χ1) is 5.52. The summed E-state index contributed by atoms with van der Waals surface area (Å²) in [6.45, 7) is 12.4. The molecule has 1 saturated heterocycles. The number of hydrogen-bond acceptors (Lipinski definition) is 1. The molecule has 0 radical (unpaired) electrons. The van der Waals surface area contributed by atoms with Crippen molar-refractivity contribution in [1.82, 2.24) is 5.32 Å². The first kappa shape index (κ1) is 12.0. The summed E-state index contributed by atoms with van der Waals surface area (Å²) in [4.78, 5) is 0. The summed E-state index contributed by atoms with van der Waals surface area (Å²) < 4.78 is 0. The minimum absolute atomic E-state index is 0.469. The van der Waals surface area contributed by atoms with Crippen LogP contribution in [-0.2, 0) is 0 Å². The van der Waals surface area contributed by atoms with Gasteiger partial charge in [-0.2, -0.15) is 0 Å². The van der Waals surface area contributed by atoms with E-state index < -0.39 is 0 Å². The highest BCUT2D eigenvalue weighted by Crippen LogP contribution is 2.25. The molecule has 0 saturated carbocycles. The van der Waals surface area contributed by atoms with E-state index in [1.54, 1.807) is 0 Å². The van der Waals surface area contributed by atoms with Gasteiger partial charge in [0.25, 0.3) is 0 Å². The Morgan fingerprint density at radius 1 is 1.25 bits per heavy atom. The Labute approximate surface area is 77.9 Å². The average molecular weight is 171 g/mol. The van der Waals surface area contributed by atoms with Gasteiger partial charge in [0.05, 0.1) is 0 Å². The summed E-state index contributed by atoms with van der Waals surface area (Å²) in [7, 11) is 0. The topological polar surface area (TPSA) is 12.0 Å². The number of hydrogen-bond donors (Lipinski definition) is 1. The molecule has 1 rings (SSSR count). The smallest absolute Gasteiger partial charge is 0.0116 e. The second kappa shape index (κ2) is 5.58. The molecule has 1 aliphatic heterocycles. The Kier molecular flexibility index (Phi) is 5.56. The van der Waals surface area contributed by atoms with E-state index in [-0.39, 0.29) is 0 Å². The molecule has 0 aromatic rings. The third kappa shape index (κ3) is 4.76. The maximum atomic E-state index is 3.50. The molecule has 0 bridgehead atoms. The van der Waals surface area contributed by atoms with Gasteiger partial charge in [-0.15, -0.1) is 0 Å². The zero-order valence-electron chi connectivity index (χ0n) is 9.41. The van der Waals surface area contributed by atoms with Gasteiger partial charge in [0.2, 0.25) is 0 Å². The van der Waals surface area contributed by atoms with E-state index in [9.17, 15) is 0 Å². The lowest BCUT2D eigenvalue weighted by Gasteiger charge is -2.26. The second-order valence-corrected chi connectivity index (χ2v) is 4.72. The highest BCUT2D eigenvalue weighted by molar-refractivity contribution is 4.84. The van der Waals surface area contributed by atoms with Gasteiger partial charge in [-0.05, 0) is 24.8 Å². The van der Waals surface area contributed by atoms with Crippen molar-refractivity contribution >= 4 is 0 Å². The zero-order chi connectivity index (χ0) is 9.61. The summed E-state index contributed by atoms with van der Waals surface area (Å²) in [5.74, 6) is 0. The third-order valence-corrected chi connectivity index (χ3v) is 2.11. The number of nitrogens with one attached hydrogen (secondary N) is 1. The molecular formula is C11H25N. The molecule has 74 valence electrons. The largest absolute Gasteiger partial charge is 0.313 e. The van der Waals surface area contributed by atoms with Crippen molar-refractivity contribution < 1.29 is 0 Å². The van der Waals surface area contributed by atoms with E-state index in [0.717, 1.165) is 6.04 Å². The number of rotatable bonds is 0. The van der Waals surface area contributed by atoms with Crippen LogP contribution < -0.4 is 5.32 Å². The maximum absolute atomic E-state index is 3.50. The SMILES string of the molecule is CC(C)(C)[C@@H]1CCCN1.CCC. The van der Waals surface area contributed by atoms with Crippen molar-refractivity contribution in [3.05, 3.63) is 0 Å². The van der Waals surface area contributed by atoms with Crippen LogP contribution in [0.4, 0.5) is 0 Å². The van der Waals surface area contributed by atoms with Crippen LogP contribution >= 0.6 is 0 Å². The van der Waals surface area contributed by atoms with Gasteiger partial charge in [-0.3, -0.25) is 0 Å². The Morgan fingerprint density at radius 2 is 1.75 bits per heavy atom. The van der Waals surface area contributed by atoms with Gasteiger partial charge in [-0.25, -0.2) is 0 Å². The molecule has 0 unspecified atom stereocenters. The predicted molar refractivity (Wildman–Crippen MR) is 56.4 cm³/mol. The van der Waals surface area contributed by atoms with Crippen molar-refractivity contribution in [2.45, 2.75) is 59.9 Å². The van der Waals surface area contributed by atoms with Crippen molar-refractivity contribution in [2.75, 3.05) is 6.54 Å². The van der Waals surface area contributed by atoms with Gasteiger partial charge in [-0.1, -0.05) is 41.0 Å². The van der Waals surface area contributed by atoms with Crippen LogP contribution in [0.3, 0.4) is 0 Å². The molecular weight excluding hydrogens is 146 g/mol. The highest BCUT2D eigenvalue weighted by atomic mass is 14.9. The van der Waals surface area contributed by atoms with Crippen LogP contribution in [0.1, 0.15) is 53.9 Å². The Morgan fingerprint density at radius 3 is 1.92 bits per heavy atom. The molecule has 0 amide bonds. The molecule has 1 heteroatoms. The lowest BCUT2D eigenvalue weighted by Crippen LogP contribution is -2.34. The van der Waals surface area contributed by atoms with Gasteiger partial charge >= 0.3 is 0 Å². The van der Waals surface area contributed by atoms with E-state index in [1.807, 2.05) is 0 Å². The molecule has 1 N–H and O–H groups in total. The van der Waals surface area contributed by atoms with E-state index in [4.69, 9.17) is 0 Å². The van der Waals surface area contributed by atoms with Crippen molar-refractivity contribution in [1.29, 1.82) is 0 Å². The minimum Gasteiger partial charge on any atom is -0.313 e. The predicted octanol–water partition coefficient (Wildman–Crippen LogP) is 3.20. The van der Waals surface area contributed by atoms with E-state index in [2.05, 4.69) is 39.9 Å². The Hall–Kier alpha value is -0.0400. The van der Waals surface area contributed by atoms with Gasteiger partial charge in [0.1, 0.15) is 0 Å². The summed E-state index contributed by atoms with van der Waals surface area (Å²) in [5, 5.41) is 3.50. The summed E-state index contributed by atoms with van der Waals surface area (Å²) >= 11 is 0. The lowest BCUT2D eigenvalue weighted by molar-refractivity contribution is 0.295.